The minimum absolute atomic E-state index is 0.158. The molecular weight excluding hydrogens is 156 g/mol. The van der Waals surface area contributed by atoms with Crippen molar-refractivity contribution in [1.82, 2.24) is 0 Å². The summed E-state index contributed by atoms with van der Waals surface area (Å²) >= 11 is 4.86. The van der Waals surface area contributed by atoms with Crippen LogP contribution < -0.4 is 0 Å². The van der Waals surface area contributed by atoms with Crippen molar-refractivity contribution in [3.8, 4) is 0 Å². The lowest BCUT2D eigenvalue weighted by atomic mass is 10.4. The van der Waals surface area contributed by atoms with Crippen LogP contribution in [0.25, 0.3) is 0 Å². The van der Waals surface area contributed by atoms with E-state index in [0.29, 0.717) is 6.29 Å². The minimum Gasteiger partial charge on any atom is -0.388 e. The SMILES string of the molecule is COC.O=CCCC(=O)Cl. The normalized spacial score (nSPS) is 7.50. The van der Waals surface area contributed by atoms with E-state index in [1.807, 2.05) is 0 Å². The second-order valence-corrected chi connectivity index (χ2v) is 1.89. The number of aldehydes is 1. The summed E-state index contributed by atoms with van der Waals surface area (Å²) in [5.41, 5.74) is 0. The maximum Gasteiger partial charge on any atom is 0.222 e. The highest BCUT2D eigenvalue weighted by Crippen LogP contribution is 1.89. The van der Waals surface area contributed by atoms with Crippen molar-refractivity contribution in [3.05, 3.63) is 0 Å². The van der Waals surface area contributed by atoms with Crippen LogP contribution in [-0.2, 0) is 14.3 Å². The predicted molar refractivity (Wildman–Crippen MR) is 39.1 cm³/mol. The van der Waals surface area contributed by atoms with Crippen LogP contribution in [0.2, 0.25) is 0 Å². The molecule has 60 valence electrons. The molecule has 0 atom stereocenters. The van der Waals surface area contributed by atoms with Crippen LogP contribution >= 0.6 is 11.6 Å². The highest BCUT2D eigenvalue weighted by atomic mass is 35.5. The second kappa shape index (κ2) is 11.4. The molecule has 0 saturated carbocycles. The highest BCUT2D eigenvalue weighted by Gasteiger charge is 1.90. The molecule has 0 spiro atoms. The smallest absolute Gasteiger partial charge is 0.222 e. The molecule has 0 aromatic carbocycles. The Morgan fingerprint density at radius 3 is 2.10 bits per heavy atom. The molecular formula is C6H11ClO3. The van der Waals surface area contributed by atoms with Gasteiger partial charge >= 0.3 is 0 Å². The molecule has 0 fully saturated rings. The Hall–Kier alpha value is -0.410. The van der Waals surface area contributed by atoms with E-state index in [9.17, 15) is 9.59 Å². The van der Waals surface area contributed by atoms with Gasteiger partial charge in [-0.05, 0) is 11.6 Å². The Bertz CT molecular complexity index is 93.0. The molecule has 0 aromatic rings. The Balaban J connectivity index is 0. The van der Waals surface area contributed by atoms with Gasteiger partial charge in [0.15, 0.2) is 0 Å². The monoisotopic (exact) mass is 166 g/mol. The molecule has 0 aliphatic carbocycles. The van der Waals surface area contributed by atoms with E-state index in [1.165, 1.54) is 0 Å². The van der Waals surface area contributed by atoms with Gasteiger partial charge in [0.1, 0.15) is 6.29 Å². The zero-order chi connectivity index (χ0) is 8.41. The number of carbonyl (C=O) groups is 2. The first kappa shape index (κ1) is 12.3. The first-order chi connectivity index (χ1) is 4.68. The van der Waals surface area contributed by atoms with Gasteiger partial charge in [0.25, 0.3) is 0 Å². The summed E-state index contributed by atoms with van der Waals surface area (Å²) in [6, 6.07) is 0. The summed E-state index contributed by atoms with van der Waals surface area (Å²) in [6.45, 7) is 0. The molecule has 0 aromatic heterocycles. The summed E-state index contributed by atoms with van der Waals surface area (Å²) in [6.07, 6.45) is 1.06. The first-order valence-corrected chi connectivity index (χ1v) is 3.09. The van der Waals surface area contributed by atoms with Crippen molar-refractivity contribution in [3.63, 3.8) is 0 Å². The van der Waals surface area contributed by atoms with Crippen LogP contribution in [0.1, 0.15) is 12.8 Å². The molecule has 10 heavy (non-hydrogen) atoms. The lowest BCUT2D eigenvalue weighted by Gasteiger charge is -1.77. The van der Waals surface area contributed by atoms with E-state index in [2.05, 4.69) is 4.74 Å². The first-order valence-electron chi connectivity index (χ1n) is 2.71. The van der Waals surface area contributed by atoms with Crippen LogP contribution in [-0.4, -0.2) is 25.7 Å². The van der Waals surface area contributed by atoms with Crippen LogP contribution in [0, 0.1) is 0 Å². The largest absolute Gasteiger partial charge is 0.388 e. The fourth-order valence-corrected chi connectivity index (χ4v) is 0.282. The van der Waals surface area contributed by atoms with E-state index in [1.54, 1.807) is 14.2 Å². The quantitative estimate of drug-likeness (QED) is 0.464. The van der Waals surface area contributed by atoms with Gasteiger partial charge < -0.3 is 9.53 Å². The van der Waals surface area contributed by atoms with Gasteiger partial charge in [0, 0.05) is 27.1 Å². The molecule has 0 aliphatic heterocycles. The number of methoxy groups -OCH3 is 1. The van der Waals surface area contributed by atoms with Crippen LogP contribution in [0.3, 0.4) is 0 Å². The van der Waals surface area contributed by atoms with E-state index in [4.69, 9.17) is 11.6 Å². The van der Waals surface area contributed by atoms with Crippen LogP contribution in [0.4, 0.5) is 0 Å². The summed E-state index contributed by atoms with van der Waals surface area (Å²) in [4.78, 5) is 19.3. The number of hydrogen-bond acceptors (Lipinski definition) is 3. The zero-order valence-electron chi connectivity index (χ0n) is 6.09. The molecule has 0 heterocycles. The lowest BCUT2D eigenvalue weighted by molar-refractivity contribution is -0.114. The summed E-state index contributed by atoms with van der Waals surface area (Å²) < 4.78 is 4.25. The molecule has 0 radical (unpaired) electrons. The summed E-state index contributed by atoms with van der Waals surface area (Å²) in [5.74, 6) is 0. The third-order valence-corrected chi connectivity index (χ3v) is 0.648. The van der Waals surface area contributed by atoms with Crippen molar-refractivity contribution in [2.45, 2.75) is 12.8 Å². The Morgan fingerprint density at radius 1 is 1.60 bits per heavy atom. The number of ether oxygens (including phenoxy) is 1. The average Bonchev–Trinajstić information content (AvgIpc) is 1.85. The lowest BCUT2D eigenvalue weighted by Crippen LogP contribution is -1.84. The minimum atomic E-state index is -0.452. The van der Waals surface area contributed by atoms with E-state index >= 15 is 0 Å². The molecule has 0 amide bonds. The number of hydrogen-bond donors (Lipinski definition) is 0. The fraction of sp³-hybridized carbons (Fsp3) is 0.667. The molecule has 0 aliphatic rings. The maximum atomic E-state index is 9.81. The second-order valence-electron chi connectivity index (χ2n) is 1.47. The third kappa shape index (κ3) is 25.6. The van der Waals surface area contributed by atoms with Crippen molar-refractivity contribution >= 4 is 23.1 Å². The standard InChI is InChI=1S/C4H5ClO2.C2H6O/c5-4(7)2-1-3-6;1-3-2/h3H,1-2H2;1-2H3. The topological polar surface area (TPSA) is 43.4 Å². The van der Waals surface area contributed by atoms with Crippen LogP contribution in [0.15, 0.2) is 0 Å². The predicted octanol–water partition coefficient (Wildman–Crippen LogP) is 0.994. The van der Waals surface area contributed by atoms with Gasteiger partial charge in [0.05, 0.1) is 0 Å². The van der Waals surface area contributed by atoms with E-state index in [-0.39, 0.29) is 12.8 Å². The van der Waals surface area contributed by atoms with Crippen molar-refractivity contribution in [2.75, 3.05) is 14.2 Å². The molecule has 0 saturated heterocycles. The molecule has 0 unspecified atom stereocenters. The fourth-order valence-electron chi connectivity index (χ4n) is 0.172. The van der Waals surface area contributed by atoms with Gasteiger partial charge in [-0.15, -0.1) is 0 Å². The molecule has 4 heteroatoms. The van der Waals surface area contributed by atoms with E-state index in [0.717, 1.165) is 0 Å². The molecule has 0 N–H and O–H groups in total. The molecule has 3 nitrogen and oxygen atoms in total. The summed E-state index contributed by atoms with van der Waals surface area (Å²) in [5, 5.41) is -0.452. The maximum absolute atomic E-state index is 9.81. The van der Waals surface area contributed by atoms with Gasteiger partial charge in [-0.25, -0.2) is 0 Å². The van der Waals surface area contributed by atoms with Gasteiger partial charge in [-0.2, -0.15) is 0 Å². The molecule has 0 rings (SSSR count). The van der Waals surface area contributed by atoms with Gasteiger partial charge in [0.2, 0.25) is 5.24 Å². The Labute approximate surface area is 65.3 Å². The third-order valence-electron chi connectivity index (χ3n) is 0.459. The van der Waals surface area contributed by atoms with Crippen LogP contribution in [0.5, 0.6) is 0 Å². The number of carbonyl (C=O) groups excluding carboxylic acids is 2. The number of rotatable bonds is 3. The molecule has 0 bridgehead atoms. The number of halogens is 1. The van der Waals surface area contributed by atoms with Crippen molar-refractivity contribution < 1.29 is 14.3 Å². The highest BCUT2D eigenvalue weighted by molar-refractivity contribution is 6.63. The van der Waals surface area contributed by atoms with Gasteiger partial charge in [-0.3, -0.25) is 4.79 Å². The Kier molecular flexibility index (Phi) is 14.0. The Morgan fingerprint density at radius 2 is 2.00 bits per heavy atom. The van der Waals surface area contributed by atoms with E-state index < -0.39 is 5.24 Å². The average molecular weight is 167 g/mol. The zero-order valence-corrected chi connectivity index (χ0v) is 6.85. The van der Waals surface area contributed by atoms with Crippen molar-refractivity contribution in [2.24, 2.45) is 0 Å². The van der Waals surface area contributed by atoms with Crippen molar-refractivity contribution in [1.29, 1.82) is 0 Å². The summed E-state index contributed by atoms with van der Waals surface area (Å²) in [7, 11) is 3.25. The van der Waals surface area contributed by atoms with Gasteiger partial charge in [-0.1, -0.05) is 0 Å².